The monoisotopic (exact) mass is 429 g/mol. The fourth-order valence-electron chi connectivity index (χ4n) is 3.41. The molecular weight excluding hydrogens is 414 g/mol. The molecule has 0 saturated heterocycles. The summed E-state index contributed by atoms with van der Waals surface area (Å²) in [6.45, 7) is 2.16. The minimum atomic E-state index is -0.865. The summed E-state index contributed by atoms with van der Waals surface area (Å²) in [5, 5.41) is 49.5. The lowest BCUT2D eigenvalue weighted by atomic mass is 9.96. The topological polar surface area (TPSA) is 191 Å². The molecule has 0 fully saturated rings. The molecule has 160 valence electrons. The highest BCUT2D eigenvalue weighted by molar-refractivity contribution is 6.28. The van der Waals surface area contributed by atoms with Gasteiger partial charge in [-0.3, -0.25) is 35.1 Å². The van der Waals surface area contributed by atoms with Gasteiger partial charge in [-0.1, -0.05) is 18.5 Å². The highest BCUT2D eigenvalue weighted by Gasteiger charge is 2.39. The number of nitro benzene ring substituents is 3. The van der Waals surface area contributed by atoms with E-state index in [0.29, 0.717) is 6.42 Å². The molecule has 1 aliphatic carbocycles. The van der Waals surface area contributed by atoms with Gasteiger partial charge in [0.05, 0.1) is 32.0 Å². The van der Waals surface area contributed by atoms with E-state index in [1.807, 2.05) is 6.92 Å². The van der Waals surface area contributed by atoms with E-state index in [4.69, 9.17) is 0 Å². The third kappa shape index (κ3) is 3.63. The van der Waals surface area contributed by atoms with Crippen LogP contribution >= 0.6 is 0 Å². The molecule has 0 saturated carbocycles. The molecule has 1 aliphatic rings. The van der Waals surface area contributed by atoms with Crippen molar-refractivity contribution in [2.45, 2.75) is 19.8 Å². The van der Waals surface area contributed by atoms with Crippen LogP contribution in [0.5, 0.6) is 0 Å². The van der Waals surface area contributed by atoms with Crippen molar-refractivity contribution in [1.82, 2.24) is 5.32 Å². The number of fused-ring (bicyclic) bond motifs is 3. The van der Waals surface area contributed by atoms with Crippen LogP contribution in [0.4, 0.5) is 17.1 Å². The highest BCUT2D eigenvalue weighted by Crippen LogP contribution is 2.47. The quantitative estimate of drug-likeness (QED) is 0.247. The Kier molecular flexibility index (Phi) is 5.59. The standard InChI is InChI=1S/C18H15N5O8/c1-2-3-4-19-18(24)13-7-9(21(26)27)5-11-15(13)16-12(17(11)20-25)6-10(22(28)29)8-14(16)23(30)31/h5-8,25H,2-4H2,1H3,(H,19,24)/b20-17+. The molecule has 0 heterocycles. The zero-order chi connectivity index (χ0) is 22.9. The average molecular weight is 429 g/mol. The smallest absolute Gasteiger partial charge is 0.284 e. The number of carbonyl (C=O) groups is 1. The van der Waals surface area contributed by atoms with Crippen molar-refractivity contribution in [2.24, 2.45) is 5.16 Å². The number of amides is 1. The number of rotatable bonds is 7. The number of hydrogen-bond donors (Lipinski definition) is 2. The molecule has 2 N–H and O–H groups in total. The number of oxime groups is 1. The van der Waals surface area contributed by atoms with Crippen molar-refractivity contribution < 1.29 is 24.8 Å². The van der Waals surface area contributed by atoms with Crippen molar-refractivity contribution in [2.75, 3.05) is 6.54 Å². The maximum Gasteiger partial charge on any atom is 0.284 e. The maximum absolute atomic E-state index is 12.8. The Hall–Kier alpha value is -4.42. The molecule has 0 radical (unpaired) electrons. The molecule has 0 bridgehead atoms. The second-order valence-electron chi connectivity index (χ2n) is 6.63. The number of hydrogen-bond acceptors (Lipinski definition) is 9. The normalized spacial score (nSPS) is 12.9. The van der Waals surface area contributed by atoms with Crippen LogP contribution in [0.1, 0.15) is 41.3 Å². The van der Waals surface area contributed by atoms with E-state index < -0.39 is 37.7 Å². The molecule has 0 unspecified atom stereocenters. The van der Waals surface area contributed by atoms with E-state index in [9.17, 15) is 40.3 Å². The average Bonchev–Trinajstić information content (AvgIpc) is 3.05. The van der Waals surface area contributed by atoms with Crippen molar-refractivity contribution in [3.05, 3.63) is 71.3 Å². The summed E-state index contributed by atoms with van der Waals surface area (Å²) >= 11 is 0. The minimum absolute atomic E-state index is 0.0657. The SMILES string of the molecule is CCCCNC(=O)c1cc([N+](=O)[O-])cc2c1-c1c(cc([N+](=O)[O-])cc1[N+](=O)[O-])/C2=N/O. The summed E-state index contributed by atoms with van der Waals surface area (Å²) in [6.07, 6.45) is 1.40. The molecule has 0 aromatic heterocycles. The number of nitrogens with one attached hydrogen (secondary N) is 1. The Labute approximate surface area is 173 Å². The first-order valence-corrected chi connectivity index (χ1v) is 9.01. The second-order valence-corrected chi connectivity index (χ2v) is 6.63. The lowest BCUT2D eigenvalue weighted by molar-refractivity contribution is -0.393. The number of non-ortho nitro benzene ring substituents is 2. The van der Waals surface area contributed by atoms with Gasteiger partial charge in [0, 0.05) is 41.4 Å². The zero-order valence-corrected chi connectivity index (χ0v) is 16.0. The fraction of sp³-hybridized carbons (Fsp3) is 0.222. The summed E-state index contributed by atoms with van der Waals surface area (Å²) < 4.78 is 0. The maximum atomic E-state index is 12.8. The summed E-state index contributed by atoms with van der Waals surface area (Å²) in [7, 11) is 0. The van der Waals surface area contributed by atoms with Crippen LogP contribution in [0.25, 0.3) is 11.1 Å². The Morgan fingerprint density at radius 3 is 2.06 bits per heavy atom. The van der Waals surface area contributed by atoms with Crippen molar-refractivity contribution >= 4 is 28.7 Å². The van der Waals surface area contributed by atoms with Gasteiger partial charge in [-0.05, 0) is 6.42 Å². The number of nitrogens with zero attached hydrogens (tertiary/aromatic N) is 4. The van der Waals surface area contributed by atoms with Crippen LogP contribution < -0.4 is 5.32 Å². The van der Waals surface area contributed by atoms with Gasteiger partial charge in [0.25, 0.3) is 23.0 Å². The Morgan fingerprint density at radius 2 is 1.55 bits per heavy atom. The van der Waals surface area contributed by atoms with Gasteiger partial charge >= 0.3 is 0 Å². The molecular formula is C18H15N5O8. The lowest BCUT2D eigenvalue weighted by Crippen LogP contribution is -2.25. The van der Waals surface area contributed by atoms with Crippen LogP contribution in [0.2, 0.25) is 0 Å². The van der Waals surface area contributed by atoms with Gasteiger partial charge in [-0.2, -0.15) is 0 Å². The first-order chi connectivity index (χ1) is 14.7. The molecule has 2 aromatic rings. The van der Waals surface area contributed by atoms with Crippen LogP contribution in [0.3, 0.4) is 0 Å². The number of unbranched alkanes of at least 4 members (excludes halogenated alkanes) is 1. The lowest BCUT2D eigenvalue weighted by Gasteiger charge is -2.10. The van der Waals surface area contributed by atoms with Gasteiger partial charge in [-0.25, -0.2) is 0 Å². The molecule has 0 spiro atoms. The molecule has 1 amide bonds. The van der Waals surface area contributed by atoms with Crippen LogP contribution in [0.15, 0.2) is 29.4 Å². The van der Waals surface area contributed by atoms with E-state index in [1.54, 1.807) is 0 Å². The van der Waals surface area contributed by atoms with Gasteiger partial charge in [0.15, 0.2) is 0 Å². The Bertz CT molecular complexity index is 1170. The number of nitro groups is 3. The second kappa shape index (κ2) is 8.14. The molecule has 31 heavy (non-hydrogen) atoms. The Balaban J connectivity index is 2.38. The number of carbonyl (C=O) groups excluding carboxylic acids is 1. The molecule has 2 aromatic carbocycles. The van der Waals surface area contributed by atoms with E-state index >= 15 is 0 Å². The first kappa shape index (κ1) is 21.3. The third-order valence-corrected chi connectivity index (χ3v) is 4.76. The molecule has 13 heteroatoms. The molecule has 13 nitrogen and oxygen atoms in total. The van der Waals surface area contributed by atoms with Gasteiger partial charge < -0.3 is 10.5 Å². The molecule has 0 atom stereocenters. The molecule has 3 rings (SSSR count). The van der Waals surface area contributed by atoms with Crippen LogP contribution in [-0.2, 0) is 0 Å². The summed E-state index contributed by atoms with van der Waals surface area (Å²) in [5.41, 5.74) is -2.97. The van der Waals surface area contributed by atoms with Crippen LogP contribution in [0, 0.1) is 30.3 Å². The van der Waals surface area contributed by atoms with E-state index in [1.165, 1.54) is 0 Å². The largest absolute Gasteiger partial charge is 0.410 e. The van der Waals surface area contributed by atoms with Crippen LogP contribution in [-0.4, -0.2) is 38.1 Å². The zero-order valence-electron chi connectivity index (χ0n) is 16.0. The summed E-state index contributed by atoms with van der Waals surface area (Å²) in [6, 6.07) is 3.66. The van der Waals surface area contributed by atoms with Gasteiger partial charge in [0.1, 0.15) is 5.71 Å². The Morgan fingerprint density at radius 1 is 0.968 bits per heavy atom. The summed E-state index contributed by atoms with van der Waals surface area (Å²) in [5.74, 6) is -0.716. The fourth-order valence-corrected chi connectivity index (χ4v) is 3.41. The predicted molar refractivity (Wildman–Crippen MR) is 107 cm³/mol. The van der Waals surface area contributed by atoms with Gasteiger partial charge in [-0.15, -0.1) is 0 Å². The van der Waals surface area contributed by atoms with E-state index in [-0.39, 0.29) is 40.1 Å². The van der Waals surface area contributed by atoms with E-state index in [0.717, 1.165) is 30.7 Å². The van der Waals surface area contributed by atoms with Crippen molar-refractivity contribution in [3.63, 3.8) is 0 Å². The minimum Gasteiger partial charge on any atom is -0.410 e. The predicted octanol–water partition coefficient (Wildman–Crippen LogP) is 3.15. The van der Waals surface area contributed by atoms with Crippen molar-refractivity contribution in [3.8, 4) is 11.1 Å². The first-order valence-electron chi connectivity index (χ1n) is 9.01. The third-order valence-electron chi connectivity index (χ3n) is 4.76. The van der Waals surface area contributed by atoms with E-state index in [2.05, 4.69) is 10.5 Å². The number of benzene rings is 2. The summed E-state index contributed by atoms with van der Waals surface area (Å²) in [4.78, 5) is 44.6. The highest BCUT2D eigenvalue weighted by atomic mass is 16.6. The van der Waals surface area contributed by atoms with Crippen molar-refractivity contribution in [1.29, 1.82) is 0 Å². The van der Waals surface area contributed by atoms with Gasteiger partial charge in [0.2, 0.25) is 0 Å². The molecule has 0 aliphatic heterocycles.